The van der Waals surface area contributed by atoms with Crippen molar-refractivity contribution < 1.29 is 4.79 Å². The Labute approximate surface area is 120 Å². The third-order valence-corrected chi connectivity index (χ3v) is 3.32. The molecule has 0 saturated heterocycles. The second-order valence-corrected chi connectivity index (χ2v) is 5.13. The summed E-state index contributed by atoms with van der Waals surface area (Å²) in [5.41, 5.74) is 1.03. The quantitative estimate of drug-likeness (QED) is 0.781. The lowest BCUT2D eigenvalue weighted by molar-refractivity contribution is 0.0940. The molecule has 1 aromatic rings. The number of rotatable bonds is 7. The maximum absolute atomic E-state index is 12.0. The molecular formula is C14H22ClN3O. The molecule has 0 aliphatic rings. The van der Waals surface area contributed by atoms with E-state index in [1.165, 1.54) is 12.8 Å². The van der Waals surface area contributed by atoms with Gasteiger partial charge in [0.15, 0.2) is 0 Å². The van der Waals surface area contributed by atoms with Crippen molar-refractivity contribution in [2.45, 2.75) is 46.5 Å². The summed E-state index contributed by atoms with van der Waals surface area (Å²) < 4.78 is 0. The van der Waals surface area contributed by atoms with Crippen LogP contribution in [0.15, 0.2) is 6.07 Å². The lowest BCUT2D eigenvalue weighted by Crippen LogP contribution is -2.30. The van der Waals surface area contributed by atoms with Gasteiger partial charge in [-0.3, -0.25) is 4.79 Å². The first kappa shape index (κ1) is 15.9. The molecule has 4 nitrogen and oxygen atoms in total. The van der Waals surface area contributed by atoms with Crippen molar-refractivity contribution in [1.29, 1.82) is 0 Å². The zero-order valence-corrected chi connectivity index (χ0v) is 12.6. The first-order valence-electron chi connectivity index (χ1n) is 6.86. The number of halogens is 1. The molecule has 5 heteroatoms. The van der Waals surface area contributed by atoms with Crippen LogP contribution < -0.4 is 5.32 Å². The summed E-state index contributed by atoms with van der Waals surface area (Å²) in [6, 6.07) is 1.65. The van der Waals surface area contributed by atoms with E-state index < -0.39 is 0 Å². The van der Waals surface area contributed by atoms with Crippen molar-refractivity contribution in [3.8, 4) is 0 Å². The SMILES string of the molecule is CCCCC(CC)CNC(=O)c1cc(C)nc(Cl)n1. The highest BCUT2D eigenvalue weighted by Gasteiger charge is 2.12. The summed E-state index contributed by atoms with van der Waals surface area (Å²) in [4.78, 5) is 19.9. The number of unbranched alkanes of at least 4 members (excludes halogenated alkanes) is 1. The minimum Gasteiger partial charge on any atom is -0.350 e. The smallest absolute Gasteiger partial charge is 0.270 e. The van der Waals surface area contributed by atoms with E-state index in [0.29, 0.717) is 23.9 Å². The molecule has 0 radical (unpaired) electrons. The van der Waals surface area contributed by atoms with Gasteiger partial charge >= 0.3 is 0 Å². The van der Waals surface area contributed by atoms with Crippen LogP contribution in [0, 0.1) is 12.8 Å². The van der Waals surface area contributed by atoms with E-state index in [2.05, 4.69) is 29.1 Å². The number of carbonyl (C=O) groups is 1. The Bertz CT molecular complexity index is 403. The lowest BCUT2D eigenvalue weighted by Gasteiger charge is -2.15. The molecule has 1 heterocycles. The molecule has 0 aromatic carbocycles. The zero-order valence-electron chi connectivity index (χ0n) is 11.9. The molecule has 1 N–H and O–H groups in total. The van der Waals surface area contributed by atoms with Gasteiger partial charge in [-0.15, -0.1) is 0 Å². The van der Waals surface area contributed by atoms with E-state index >= 15 is 0 Å². The fraction of sp³-hybridized carbons (Fsp3) is 0.643. The molecule has 0 saturated carbocycles. The number of amides is 1. The molecule has 1 aromatic heterocycles. The van der Waals surface area contributed by atoms with E-state index in [9.17, 15) is 4.79 Å². The second kappa shape index (κ2) is 8.10. The van der Waals surface area contributed by atoms with Crippen molar-refractivity contribution >= 4 is 17.5 Å². The Morgan fingerprint density at radius 3 is 2.74 bits per heavy atom. The molecular weight excluding hydrogens is 262 g/mol. The summed E-state index contributed by atoms with van der Waals surface area (Å²) in [6.07, 6.45) is 4.61. The fourth-order valence-corrected chi connectivity index (χ4v) is 2.14. The third-order valence-electron chi connectivity index (χ3n) is 3.15. The molecule has 1 unspecified atom stereocenters. The molecule has 19 heavy (non-hydrogen) atoms. The molecule has 1 rings (SSSR count). The predicted molar refractivity (Wildman–Crippen MR) is 77.4 cm³/mol. The van der Waals surface area contributed by atoms with E-state index in [1.807, 2.05) is 0 Å². The van der Waals surface area contributed by atoms with Crippen molar-refractivity contribution in [2.24, 2.45) is 5.92 Å². The first-order valence-corrected chi connectivity index (χ1v) is 7.24. The van der Waals surface area contributed by atoms with Crippen LogP contribution in [0.2, 0.25) is 5.28 Å². The molecule has 0 bridgehead atoms. The van der Waals surface area contributed by atoms with Gasteiger partial charge in [0, 0.05) is 12.2 Å². The Balaban J connectivity index is 2.54. The van der Waals surface area contributed by atoms with Gasteiger partial charge in [0.25, 0.3) is 5.91 Å². The van der Waals surface area contributed by atoms with Crippen LogP contribution >= 0.6 is 11.6 Å². The molecule has 0 fully saturated rings. The number of nitrogens with zero attached hydrogens (tertiary/aromatic N) is 2. The Morgan fingerprint density at radius 2 is 2.16 bits per heavy atom. The van der Waals surface area contributed by atoms with E-state index in [0.717, 1.165) is 12.8 Å². The van der Waals surface area contributed by atoms with Gasteiger partial charge in [-0.05, 0) is 36.9 Å². The average molecular weight is 284 g/mol. The Morgan fingerprint density at radius 1 is 1.42 bits per heavy atom. The minimum atomic E-state index is -0.178. The summed E-state index contributed by atoms with van der Waals surface area (Å²) >= 11 is 5.75. The lowest BCUT2D eigenvalue weighted by atomic mass is 9.99. The van der Waals surface area contributed by atoms with Crippen molar-refractivity contribution in [2.75, 3.05) is 6.54 Å². The zero-order chi connectivity index (χ0) is 14.3. The van der Waals surface area contributed by atoms with Crippen molar-refractivity contribution in [1.82, 2.24) is 15.3 Å². The number of carbonyl (C=O) groups excluding carboxylic acids is 1. The van der Waals surface area contributed by atoms with Gasteiger partial charge in [0.05, 0.1) is 0 Å². The molecule has 0 aliphatic carbocycles. The van der Waals surface area contributed by atoms with Gasteiger partial charge in [0.1, 0.15) is 5.69 Å². The average Bonchev–Trinajstić information content (AvgIpc) is 2.37. The summed E-state index contributed by atoms with van der Waals surface area (Å²) in [5, 5.41) is 3.04. The predicted octanol–water partition coefficient (Wildman–Crippen LogP) is 3.38. The number of aromatic nitrogens is 2. The Hall–Kier alpha value is -1.16. The summed E-state index contributed by atoms with van der Waals surface area (Å²) in [6.45, 7) is 6.81. The van der Waals surface area contributed by atoms with Crippen LogP contribution in [0.1, 0.15) is 55.7 Å². The highest BCUT2D eigenvalue weighted by Crippen LogP contribution is 2.12. The number of hydrogen-bond donors (Lipinski definition) is 1. The van der Waals surface area contributed by atoms with Crippen LogP contribution in [0.3, 0.4) is 0 Å². The van der Waals surface area contributed by atoms with Gasteiger partial charge in [-0.25, -0.2) is 9.97 Å². The first-order chi connectivity index (χ1) is 9.06. The van der Waals surface area contributed by atoms with E-state index in [4.69, 9.17) is 11.6 Å². The van der Waals surface area contributed by atoms with Crippen LogP contribution in [0.25, 0.3) is 0 Å². The van der Waals surface area contributed by atoms with Crippen molar-refractivity contribution in [3.63, 3.8) is 0 Å². The van der Waals surface area contributed by atoms with Gasteiger partial charge in [-0.1, -0.05) is 33.1 Å². The van der Waals surface area contributed by atoms with Crippen LogP contribution in [-0.4, -0.2) is 22.4 Å². The highest BCUT2D eigenvalue weighted by atomic mass is 35.5. The molecule has 1 atom stereocenters. The van der Waals surface area contributed by atoms with Crippen LogP contribution in [0.4, 0.5) is 0 Å². The highest BCUT2D eigenvalue weighted by molar-refractivity contribution is 6.28. The van der Waals surface area contributed by atoms with E-state index in [1.54, 1.807) is 13.0 Å². The normalized spacial score (nSPS) is 12.2. The summed E-state index contributed by atoms with van der Waals surface area (Å²) in [5.74, 6) is 0.352. The molecule has 0 spiro atoms. The van der Waals surface area contributed by atoms with Crippen molar-refractivity contribution in [3.05, 3.63) is 22.7 Å². The standard InChI is InChI=1S/C14H22ClN3O/c1-4-6-7-11(5-2)9-16-13(19)12-8-10(3)17-14(15)18-12/h8,11H,4-7,9H2,1-3H3,(H,16,19). The van der Waals surface area contributed by atoms with Gasteiger partial charge in [-0.2, -0.15) is 0 Å². The summed E-state index contributed by atoms with van der Waals surface area (Å²) in [7, 11) is 0. The van der Waals surface area contributed by atoms with Crippen LogP contribution in [-0.2, 0) is 0 Å². The van der Waals surface area contributed by atoms with E-state index in [-0.39, 0.29) is 11.2 Å². The molecule has 0 aliphatic heterocycles. The minimum absolute atomic E-state index is 0.114. The Kier molecular flexibility index (Phi) is 6.78. The third kappa shape index (κ3) is 5.55. The number of aryl methyl sites for hydroxylation is 1. The number of nitrogens with one attached hydrogen (secondary N) is 1. The monoisotopic (exact) mass is 283 g/mol. The van der Waals surface area contributed by atoms with Gasteiger partial charge < -0.3 is 5.32 Å². The fourth-order valence-electron chi connectivity index (χ4n) is 1.92. The largest absolute Gasteiger partial charge is 0.350 e. The molecule has 106 valence electrons. The number of hydrogen-bond acceptors (Lipinski definition) is 3. The topological polar surface area (TPSA) is 54.9 Å². The maximum Gasteiger partial charge on any atom is 0.270 e. The van der Waals surface area contributed by atoms with Gasteiger partial charge in [0.2, 0.25) is 5.28 Å². The van der Waals surface area contributed by atoms with Crippen LogP contribution in [0.5, 0.6) is 0 Å². The molecule has 1 amide bonds. The second-order valence-electron chi connectivity index (χ2n) is 4.79. The maximum atomic E-state index is 12.0.